The van der Waals surface area contributed by atoms with Gasteiger partial charge in [0.2, 0.25) is 0 Å². The second-order valence-electron chi connectivity index (χ2n) is 6.03. The number of hydrogen-bond acceptors (Lipinski definition) is 7. The number of hydrogen-bond donors (Lipinski definition) is 2. The number of nitriles is 1. The highest BCUT2D eigenvalue weighted by Crippen LogP contribution is 2.35. The molecule has 0 spiro atoms. The molecule has 130 valence electrons. The van der Waals surface area contributed by atoms with Crippen LogP contribution in [0.4, 0.5) is 0 Å². The van der Waals surface area contributed by atoms with E-state index in [4.69, 9.17) is 5.26 Å². The Balaban J connectivity index is 1.80. The van der Waals surface area contributed by atoms with Crippen LogP contribution < -0.4 is 0 Å². The molecule has 0 amide bonds. The molecule has 0 aliphatic carbocycles. The summed E-state index contributed by atoms with van der Waals surface area (Å²) in [6.45, 7) is 1.97. The van der Waals surface area contributed by atoms with Crippen molar-refractivity contribution in [1.29, 1.82) is 5.26 Å². The molecular formula is C16H15N9O. The van der Waals surface area contributed by atoms with Gasteiger partial charge in [-0.2, -0.15) is 15.5 Å². The van der Waals surface area contributed by atoms with Crippen LogP contribution in [0.15, 0.2) is 43.2 Å². The van der Waals surface area contributed by atoms with Crippen LogP contribution in [0.2, 0.25) is 0 Å². The second-order valence-corrected chi connectivity index (χ2v) is 6.03. The van der Waals surface area contributed by atoms with Gasteiger partial charge >= 0.3 is 0 Å². The van der Waals surface area contributed by atoms with Crippen molar-refractivity contribution in [3.63, 3.8) is 0 Å². The zero-order chi connectivity index (χ0) is 18.1. The van der Waals surface area contributed by atoms with Gasteiger partial charge in [-0.1, -0.05) is 5.21 Å². The highest BCUT2D eigenvalue weighted by atomic mass is 16.3. The summed E-state index contributed by atoms with van der Waals surface area (Å²) in [5.41, 5.74) is 0.293. The number of nitrogens with one attached hydrogen (secondary N) is 1. The first-order valence-corrected chi connectivity index (χ1v) is 7.91. The number of fused-ring (bicyclic) bond motifs is 1. The van der Waals surface area contributed by atoms with Crippen LogP contribution >= 0.6 is 0 Å². The molecule has 0 aliphatic heterocycles. The van der Waals surface area contributed by atoms with Crippen molar-refractivity contribution in [1.82, 2.24) is 40.0 Å². The molecule has 1 unspecified atom stereocenters. The number of benzene rings is 1. The van der Waals surface area contributed by atoms with Crippen molar-refractivity contribution in [3.05, 3.63) is 54.5 Å². The van der Waals surface area contributed by atoms with Gasteiger partial charge < -0.3 is 5.11 Å². The predicted octanol–water partition coefficient (Wildman–Crippen LogP) is 0.767. The van der Waals surface area contributed by atoms with E-state index in [1.165, 1.54) is 17.3 Å². The van der Waals surface area contributed by atoms with Gasteiger partial charge in [0.1, 0.15) is 18.3 Å². The van der Waals surface area contributed by atoms with E-state index >= 15 is 0 Å². The van der Waals surface area contributed by atoms with Gasteiger partial charge in [0.15, 0.2) is 5.60 Å². The molecule has 0 bridgehead atoms. The Kier molecular flexibility index (Phi) is 3.70. The molecule has 0 radical (unpaired) electrons. The number of aromatic amines is 1. The quantitative estimate of drug-likeness (QED) is 0.543. The topological polar surface area (TPSA) is 134 Å². The van der Waals surface area contributed by atoms with Gasteiger partial charge in [-0.15, -0.1) is 5.10 Å². The van der Waals surface area contributed by atoms with E-state index in [0.717, 1.165) is 10.9 Å². The Morgan fingerprint density at radius 3 is 2.96 bits per heavy atom. The van der Waals surface area contributed by atoms with E-state index in [9.17, 15) is 5.11 Å². The minimum Gasteiger partial charge on any atom is -0.379 e. The third kappa shape index (κ3) is 2.51. The number of rotatable bonds is 5. The maximum atomic E-state index is 11.5. The summed E-state index contributed by atoms with van der Waals surface area (Å²) in [5.74, 6) is 0. The predicted molar refractivity (Wildman–Crippen MR) is 89.5 cm³/mol. The maximum absolute atomic E-state index is 11.5. The van der Waals surface area contributed by atoms with Crippen LogP contribution in [0.1, 0.15) is 24.2 Å². The van der Waals surface area contributed by atoms with E-state index in [0.29, 0.717) is 11.3 Å². The molecule has 3 aromatic heterocycles. The average Bonchev–Trinajstić information content (AvgIpc) is 3.41. The monoisotopic (exact) mass is 349 g/mol. The average molecular weight is 349 g/mol. The van der Waals surface area contributed by atoms with Gasteiger partial charge in [-0.3, -0.25) is 9.78 Å². The zero-order valence-corrected chi connectivity index (χ0v) is 13.9. The summed E-state index contributed by atoms with van der Waals surface area (Å²) in [4.78, 5) is 3.92. The Morgan fingerprint density at radius 1 is 1.38 bits per heavy atom. The van der Waals surface area contributed by atoms with E-state index < -0.39 is 11.6 Å². The smallest absolute Gasteiger partial charge is 0.151 e. The molecule has 0 fully saturated rings. The van der Waals surface area contributed by atoms with E-state index in [2.05, 4.69) is 36.7 Å². The van der Waals surface area contributed by atoms with Crippen molar-refractivity contribution in [3.8, 4) is 6.07 Å². The maximum Gasteiger partial charge on any atom is 0.151 e. The third-order valence-electron chi connectivity index (χ3n) is 4.51. The van der Waals surface area contributed by atoms with Gasteiger partial charge in [-0.05, 0) is 25.1 Å². The lowest BCUT2D eigenvalue weighted by molar-refractivity contribution is -0.0364. The Hall–Kier alpha value is -3.58. The first-order valence-electron chi connectivity index (χ1n) is 7.91. The fourth-order valence-corrected chi connectivity index (χ4v) is 3.04. The van der Waals surface area contributed by atoms with Crippen LogP contribution in [0.3, 0.4) is 0 Å². The lowest BCUT2D eigenvalue weighted by atomic mass is 9.91. The Morgan fingerprint density at radius 2 is 2.27 bits per heavy atom. The van der Waals surface area contributed by atoms with Crippen LogP contribution in [-0.2, 0) is 12.1 Å². The lowest BCUT2D eigenvalue weighted by Gasteiger charge is -2.32. The van der Waals surface area contributed by atoms with Crippen LogP contribution in [-0.4, -0.2) is 45.1 Å². The Labute approximate surface area is 147 Å². The van der Waals surface area contributed by atoms with Crippen molar-refractivity contribution < 1.29 is 5.11 Å². The summed E-state index contributed by atoms with van der Waals surface area (Å²) in [6.07, 6.45) is 6.15. The van der Waals surface area contributed by atoms with Crippen LogP contribution in [0.25, 0.3) is 10.9 Å². The fourth-order valence-electron chi connectivity index (χ4n) is 3.04. The van der Waals surface area contributed by atoms with Crippen molar-refractivity contribution in [2.24, 2.45) is 0 Å². The standard InChI is InChI=1S/C16H15N9O/c1-11(25-14-3-2-12(5-17)4-13(14)6-20-25)16(26,15-7-19-23-22-15)8-24-10-18-9-21-24/h2-4,6-7,9-11,26H,8H2,1H3,(H,19,22,23)/t11-,16?/m1/s1. The Bertz CT molecular complexity index is 1060. The molecule has 2 atom stereocenters. The second kappa shape index (κ2) is 6.05. The third-order valence-corrected chi connectivity index (χ3v) is 4.51. The van der Waals surface area contributed by atoms with Gasteiger partial charge in [-0.25, -0.2) is 9.67 Å². The molecule has 3 heterocycles. The zero-order valence-electron chi connectivity index (χ0n) is 13.9. The first kappa shape index (κ1) is 15.9. The molecular weight excluding hydrogens is 334 g/mol. The van der Waals surface area contributed by atoms with E-state index in [1.807, 2.05) is 13.0 Å². The van der Waals surface area contributed by atoms with E-state index in [-0.39, 0.29) is 6.54 Å². The summed E-state index contributed by atoms with van der Waals surface area (Å²) >= 11 is 0. The largest absolute Gasteiger partial charge is 0.379 e. The SMILES string of the molecule is C[C@@H](n1ncc2cc(C#N)ccc21)C(O)(Cn1cncn1)c1c[nH]nn1. The summed E-state index contributed by atoms with van der Waals surface area (Å²) in [5, 5.41) is 40.3. The molecule has 4 rings (SSSR count). The molecule has 0 aliphatic rings. The van der Waals surface area contributed by atoms with E-state index in [1.54, 1.807) is 29.2 Å². The minimum absolute atomic E-state index is 0.123. The molecule has 10 nitrogen and oxygen atoms in total. The highest BCUT2D eigenvalue weighted by Gasteiger charge is 2.41. The first-order chi connectivity index (χ1) is 12.6. The van der Waals surface area contributed by atoms with Gasteiger partial charge in [0.25, 0.3) is 0 Å². The fraction of sp³-hybridized carbons (Fsp3) is 0.250. The molecule has 0 saturated carbocycles. The van der Waals surface area contributed by atoms with Crippen molar-refractivity contribution in [2.75, 3.05) is 0 Å². The molecule has 1 aromatic carbocycles. The highest BCUT2D eigenvalue weighted by molar-refractivity contribution is 5.80. The summed E-state index contributed by atoms with van der Waals surface area (Å²) in [6, 6.07) is 6.91. The molecule has 10 heteroatoms. The number of nitrogens with zero attached hydrogens (tertiary/aromatic N) is 8. The summed E-state index contributed by atoms with van der Waals surface area (Å²) in [7, 11) is 0. The van der Waals surface area contributed by atoms with Gasteiger partial charge in [0, 0.05) is 11.6 Å². The summed E-state index contributed by atoms with van der Waals surface area (Å²) < 4.78 is 3.24. The number of aliphatic hydroxyl groups is 1. The molecule has 4 aromatic rings. The molecule has 2 N–H and O–H groups in total. The number of aromatic nitrogens is 8. The normalized spacial score (nSPS) is 14.8. The van der Waals surface area contributed by atoms with Crippen LogP contribution in [0, 0.1) is 11.3 Å². The van der Waals surface area contributed by atoms with Crippen LogP contribution in [0.5, 0.6) is 0 Å². The van der Waals surface area contributed by atoms with Gasteiger partial charge in [0.05, 0.1) is 35.9 Å². The number of H-pyrrole nitrogens is 1. The molecule has 0 saturated heterocycles. The lowest BCUT2D eigenvalue weighted by Crippen LogP contribution is -2.40. The minimum atomic E-state index is -1.44. The van der Waals surface area contributed by atoms with Crippen molar-refractivity contribution >= 4 is 10.9 Å². The van der Waals surface area contributed by atoms with Crippen molar-refractivity contribution in [2.45, 2.75) is 25.1 Å². The molecule has 26 heavy (non-hydrogen) atoms.